The highest BCUT2D eigenvalue weighted by atomic mass is 32.2. The summed E-state index contributed by atoms with van der Waals surface area (Å²) in [5.74, 6) is 0. The first-order valence-corrected chi connectivity index (χ1v) is 6.72. The molecular weight excluding hydrogens is 254 g/mol. The first-order valence-electron chi connectivity index (χ1n) is 5.90. The number of allylic oxidation sites excluding steroid dienone is 1. The first kappa shape index (κ1) is 13.3. The van der Waals surface area contributed by atoms with Gasteiger partial charge < -0.3 is 10.3 Å². The summed E-state index contributed by atoms with van der Waals surface area (Å²) in [5, 5.41) is 10.0. The fraction of sp³-hybridized carbons (Fsp3) is 0.133. The standard InChI is InChI=1S/C15H15N3S/c1-3-8-18-12(10-16)9-14(17)15(18)19-13-6-4-11(2)5-7-13/h3-7,9H,1,8,17H2,2H3. The second-order valence-corrected chi connectivity index (χ2v) is 5.28. The molecule has 0 aliphatic heterocycles. The van der Waals surface area contributed by atoms with Crippen molar-refractivity contribution in [1.29, 1.82) is 5.26 Å². The third-order valence-electron chi connectivity index (χ3n) is 2.74. The van der Waals surface area contributed by atoms with Crippen LogP contribution in [-0.4, -0.2) is 4.57 Å². The van der Waals surface area contributed by atoms with E-state index in [0.717, 1.165) is 9.92 Å². The highest BCUT2D eigenvalue weighted by Crippen LogP contribution is 2.34. The topological polar surface area (TPSA) is 54.7 Å². The van der Waals surface area contributed by atoms with E-state index in [2.05, 4.69) is 43.8 Å². The minimum absolute atomic E-state index is 0.562. The maximum absolute atomic E-state index is 9.12. The molecule has 0 spiro atoms. The summed E-state index contributed by atoms with van der Waals surface area (Å²) in [6.45, 7) is 6.35. The molecule has 0 unspecified atom stereocenters. The molecule has 2 aromatic rings. The number of nitrogens with zero attached hydrogens (tertiary/aromatic N) is 2. The normalized spacial score (nSPS) is 10.1. The lowest BCUT2D eigenvalue weighted by atomic mass is 10.2. The highest BCUT2D eigenvalue weighted by molar-refractivity contribution is 7.99. The van der Waals surface area contributed by atoms with E-state index in [1.165, 1.54) is 5.56 Å². The average Bonchev–Trinajstić information content (AvgIpc) is 2.70. The van der Waals surface area contributed by atoms with E-state index < -0.39 is 0 Å². The van der Waals surface area contributed by atoms with Crippen LogP contribution in [0.3, 0.4) is 0 Å². The van der Waals surface area contributed by atoms with Crippen molar-refractivity contribution in [3.63, 3.8) is 0 Å². The number of nitrogens with two attached hydrogens (primary N) is 1. The van der Waals surface area contributed by atoms with Crippen molar-refractivity contribution < 1.29 is 0 Å². The van der Waals surface area contributed by atoms with Crippen LogP contribution in [-0.2, 0) is 6.54 Å². The van der Waals surface area contributed by atoms with E-state index in [0.29, 0.717) is 17.9 Å². The molecule has 0 aliphatic carbocycles. The van der Waals surface area contributed by atoms with Gasteiger partial charge in [0, 0.05) is 11.4 Å². The molecule has 2 N–H and O–H groups in total. The van der Waals surface area contributed by atoms with Crippen LogP contribution in [0, 0.1) is 18.3 Å². The first-order chi connectivity index (χ1) is 9.15. The van der Waals surface area contributed by atoms with Crippen molar-refractivity contribution in [2.24, 2.45) is 0 Å². The van der Waals surface area contributed by atoms with Crippen LogP contribution in [0.15, 0.2) is 52.9 Å². The quantitative estimate of drug-likeness (QED) is 0.863. The average molecular weight is 269 g/mol. The second-order valence-electron chi connectivity index (χ2n) is 4.22. The maximum Gasteiger partial charge on any atom is 0.123 e. The maximum atomic E-state index is 9.12. The van der Waals surface area contributed by atoms with Gasteiger partial charge in [0.1, 0.15) is 16.8 Å². The minimum Gasteiger partial charge on any atom is -0.397 e. The lowest BCUT2D eigenvalue weighted by molar-refractivity contribution is 0.744. The summed E-state index contributed by atoms with van der Waals surface area (Å²) in [5.41, 5.74) is 8.41. The molecule has 96 valence electrons. The summed E-state index contributed by atoms with van der Waals surface area (Å²) in [6.07, 6.45) is 1.76. The Kier molecular flexibility index (Phi) is 3.98. The molecule has 0 aliphatic rings. The molecule has 1 aromatic carbocycles. The van der Waals surface area contributed by atoms with Gasteiger partial charge in [0.15, 0.2) is 0 Å². The summed E-state index contributed by atoms with van der Waals surface area (Å²) in [7, 11) is 0. The molecule has 2 rings (SSSR count). The van der Waals surface area contributed by atoms with E-state index in [9.17, 15) is 0 Å². The third-order valence-corrected chi connectivity index (χ3v) is 3.89. The SMILES string of the molecule is C=CCn1c(C#N)cc(N)c1Sc1ccc(C)cc1. The zero-order valence-electron chi connectivity index (χ0n) is 10.8. The second kappa shape index (κ2) is 5.68. The predicted octanol–water partition coefficient (Wildman–Crippen LogP) is 3.59. The van der Waals surface area contributed by atoms with Gasteiger partial charge in [-0.05, 0) is 25.1 Å². The number of benzene rings is 1. The van der Waals surface area contributed by atoms with E-state index >= 15 is 0 Å². The molecule has 1 aromatic heterocycles. The van der Waals surface area contributed by atoms with Crippen LogP contribution < -0.4 is 5.73 Å². The van der Waals surface area contributed by atoms with Crippen LogP contribution >= 0.6 is 11.8 Å². The molecule has 0 saturated heterocycles. The smallest absolute Gasteiger partial charge is 0.123 e. The Bertz CT molecular complexity index is 633. The van der Waals surface area contributed by atoms with E-state index in [-0.39, 0.29) is 0 Å². The van der Waals surface area contributed by atoms with Crippen LogP contribution in [0.4, 0.5) is 5.69 Å². The Morgan fingerprint density at radius 1 is 1.42 bits per heavy atom. The highest BCUT2D eigenvalue weighted by Gasteiger charge is 2.13. The number of anilines is 1. The number of aromatic nitrogens is 1. The number of nitriles is 1. The number of hydrogen-bond donors (Lipinski definition) is 1. The van der Waals surface area contributed by atoms with Gasteiger partial charge in [-0.25, -0.2) is 0 Å². The largest absolute Gasteiger partial charge is 0.397 e. The fourth-order valence-electron chi connectivity index (χ4n) is 1.79. The van der Waals surface area contributed by atoms with Gasteiger partial charge in [-0.2, -0.15) is 5.26 Å². The van der Waals surface area contributed by atoms with Crippen molar-refractivity contribution in [2.45, 2.75) is 23.4 Å². The van der Waals surface area contributed by atoms with Gasteiger partial charge >= 0.3 is 0 Å². The Labute approximate surface area is 117 Å². The van der Waals surface area contributed by atoms with Crippen molar-refractivity contribution in [2.75, 3.05) is 5.73 Å². The van der Waals surface area contributed by atoms with E-state index in [1.807, 2.05) is 4.57 Å². The summed E-state index contributed by atoms with van der Waals surface area (Å²) in [6, 6.07) is 12.1. The predicted molar refractivity (Wildman–Crippen MR) is 79.1 cm³/mol. The molecule has 4 heteroatoms. The molecule has 0 fully saturated rings. The van der Waals surface area contributed by atoms with E-state index in [4.69, 9.17) is 11.0 Å². The molecule has 0 saturated carbocycles. The van der Waals surface area contributed by atoms with Gasteiger partial charge in [-0.3, -0.25) is 0 Å². The Balaban J connectivity index is 2.39. The van der Waals surface area contributed by atoms with Crippen LogP contribution in [0.5, 0.6) is 0 Å². The van der Waals surface area contributed by atoms with Crippen molar-refractivity contribution in [3.05, 3.63) is 54.2 Å². The molecule has 0 radical (unpaired) electrons. The number of aryl methyl sites for hydroxylation is 1. The summed E-state index contributed by atoms with van der Waals surface area (Å²) >= 11 is 1.56. The number of rotatable bonds is 4. The summed E-state index contributed by atoms with van der Waals surface area (Å²) < 4.78 is 1.88. The van der Waals surface area contributed by atoms with Crippen molar-refractivity contribution in [1.82, 2.24) is 4.57 Å². The Morgan fingerprint density at radius 3 is 2.68 bits per heavy atom. The summed E-state index contributed by atoms with van der Waals surface area (Å²) in [4.78, 5) is 1.10. The molecule has 1 heterocycles. The molecule has 3 nitrogen and oxygen atoms in total. The van der Waals surface area contributed by atoms with Gasteiger partial charge in [0.05, 0.1) is 5.69 Å². The monoisotopic (exact) mass is 269 g/mol. The molecule has 0 atom stereocenters. The Hall–Kier alpha value is -2.12. The van der Waals surface area contributed by atoms with Gasteiger partial charge in [0.2, 0.25) is 0 Å². The van der Waals surface area contributed by atoms with Gasteiger partial charge in [-0.1, -0.05) is 35.5 Å². The lowest BCUT2D eigenvalue weighted by Crippen LogP contribution is -2.00. The zero-order valence-corrected chi connectivity index (χ0v) is 11.6. The van der Waals surface area contributed by atoms with Gasteiger partial charge in [0.25, 0.3) is 0 Å². The Morgan fingerprint density at radius 2 is 2.11 bits per heavy atom. The minimum atomic E-state index is 0.562. The van der Waals surface area contributed by atoms with Crippen LogP contribution in [0.2, 0.25) is 0 Å². The van der Waals surface area contributed by atoms with Crippen LogP contribution in [0.1, 0.15) is 11.3 Å². The van der Waals surface area contributed by atoms with Crippen molar-refractivity contribution >= 4 is 17.4 Å². The number of hydrogen-bond acceptors (Lipinski definition) is 3. The number of nitrogen functional groups attached to an aromatic ring is 1. The fourth-order valence-corrected chi connectivity index (χ4v) is 2.74. The molecule has 0 amide bonds. The molecular formula is C15H15N3S. The molecule has 0 bridgehead atoms. The van der Waals surface area contributed by atoms with Crippen LogP contribution in [0.25, 0.3) is 0 Å². The third kappa shape index (κ3) is 2.83. The zero-order chi connectivity index (χ0) is 13.8. The van der Waals surface area contributed by atoms with E-state index in [1.54, 1.807) is 23.9 Å². The lowest BCUT2D eigenvalue weighted by Gasteiger charge is -2.08. The van der Waals surface area contributed by atoms with Crippen molar-refractivity contribution in [3.8, 4) is 6.07 Å². The molecule has 19 heavy (non-hydrogen) atoms. The van der Waals surface area contributed by atoms with Gasteiger partial charge in [-0.15, -0.1) is 6.58 Å².